The van der Waals surface area contributed by atoms with Crippen LogP contribution in [0.3, 0.4) is 0 Å². The van der Waals surface area contributed by atoms with Crippen molar-refractivity contribution >= 4 is 40.8 Å². The van der Waals surface area contributed by atoms with Gasteiger partial charge in [0.05, 0.1) is 18.2 Å². The number of carbonyl (C=O) groups excluding carboxylic acids is 1. The fourth-order valence-electron chi connectivity index (χ4n) is 6.35. The highest BCUT2D eigenvalue weighted by Gasteiger charge is 2.44. The van der Waals surface area contributed by atoms with E-state index >= 15 is 0 Å². The van der Waals surface area contributed by atoms with Crippen molar-refractivity contribution in [3.63, 3.8) is 0 Å². The van der Waals surface area contributed by atoms with Crippen LogP contribution in [0.2, 0.25) is 5.02 Å². The van der Waals surface area contributed by atoms with E-state index in [1.165, 1.54) is 0 Å². The molecule has 216 valence electrons. The first-order chi connectivity index (χ1) is 19.0. The number of nitrogens with zero attached hydrogens (tertiary/aromatic N) is 6. The Bertz CT molecular complexity index is 1290. The van der Waals surface area contributed by atoms with Gasteiger partial charge in [-0.15, -0.1) is 0 Å². The van der Waals surface area contributed by atoms with Crippen molar-refractivity contribution < 1.29 is 14.3 Å². The van der Waals surface area contributed by atoms with E-state index in [2.05, 4.69) is 39.9 Å². The Morgan fingerprint density at radius 2 is 1.95 bits per heavy atom. The van der Waals surface area contributed by atoms with Crippen molar-refractivity contribution in [3.05, 3.63) is 28.9 Å². The Hall–Kier alpha value is -2.49. The van der Waals surface area contributed by atoms with E-state index in [0.717, 1.165) is 79.9 Å². The lowest BCUT2D eigenvalue weighted by Gasteiger charge is -2.42. The van der Waals surface area contributed by atoms with Crippen molar-refractivity contribution in [3.8, 4) is 0 Å². The monoisotopic (exact) mass is 568 g/mol. The molecule has 1 aromatic carbocycles. The summed E-state index contributed by atoms with van der Waals surface area (Å²) < 4.78 is 11.5. The summed E-state index contributed by atoms with van der Waals surface area (Å²) in [6.45, 7) is 13.7. The number of anilines is 1. The van der Waals surface area contributed by atoms with E-state index in [1.54, 1.807) is 11.1 Å². The second-order valence-corrected chi connectivity index (χ2v) is 13.5. The molecule has 4 heterocycles. The summed E-state index contributed by atoms with van der Waals surface area (Å²) in [6, 6.07) is 4.16. The van der Waals surface area contributed by atoms with Crippen LogP contribution < -0.4 is 4.90 Å². The minimum absolute atomic E-state index is 0.00240. The lowest BCUT2D eigenvalue weighted by Crippen LogP contribution is -2.51. The Labute approximate surface area is 241 Å². The number of carbonyl (C=O) groups is 1. The molecule has 0 N–H and O–H groups in total. The molecule has 3 atom stereocenters. The average molecular weight is 569 g/mol. The summed E-state index contributed by atoms with van der Waals surface area (Å²) >= 11 is 6.83. The van der Waals surface area contributed by atoms with Crippen LogP contribution in [-0.4, -0.2) is 87.8 Å². The van der Waals surface area contributed by atoms with E-state index in [1.807, 2.05) is 33.1 Å². The molecule has 2 saturated heterocycles. The van der Waals surface area contributed by atoms with Gasteiger partial charge >= 0.3 is 6.09 Å². The van der Waals surface area contributed by atoms with Crippen molar-refractivity contribution in [2.45, 2.75) is 102 Å². The number of piperidine rings is 1. The number of likely N-dealkylation sites (tertiary alicyclic amines) is 1. The van der Waals surface area contributed by atoms with Gasteiger partial charge in [0, 0.05) is 41.0 Å². The number of hydrogen-bond acceptors (Lipinski definition) is 8. The zero-order chi connectivity index (χ0) is 28.2. The summed E-state index contributed by atoms with van der Waals surface area (Å²) in [4.78, 5) is 27.3. The van der Waals surface area contributed by atoms with Crippen LogP contribution >= 0.6 is 11.6 Å². The molecule has 0 bridgehead atoms. The highest BCUT2D eigenvalue weighted by molar-refractivity contribution is 6.32. The van der Waals surface area contributed by atoms with Gasteiger partial charge in [-0.25, -0.2) is 19.7 Å². The number of aromatic nitrogens is 2. The number of fused-ring (bicyclic) bond motifs is 1. The molecule has 3 aliphatic heterocycles. The molecule has 3 unspecified atom stereocenters. The molecule has 9 nitrogen and oxygen atoms in total. The maximum atomic E-state index is 13.6. The van der Waals surface area contributed by atoms with Gasteiger partial charge in [0.1, 0.15) is 11.6 Å². The number of hydrazone groups is 1. The Balaban J connectivity index is 1.28. The van der Waals surface area contributed by atoms with Gasteiger partial charge in [-0.1, -0.05) is 11.6 Å². The van der Waals surface area contributed by atoms with Crippen LogP contribution in [0.1, 0.15) is 78.2 Å². The van der Waals surface area contributed by atoms with Crippen LogP contribution in [0.5, 0.6) is 0 Å². The summed E-state index contributed by atoms with van der Waals surface area (Å²) in [6.07, 6.45) is 8.53. The fraction of sp³-hybridized carbons (Fsp3) is 0.667. The summed E-state index contributed by atoms with van der Waals surface area (Å²) in [5.74, 6) is 0.675. The number of benzene rings is 1. The molecule has 6 rings (SSSR count). The maximum absolute atomic E-state index is 13.6. The third kappa shape index (κ3) is 5.40. The summed E-state index contributed by atoms with van der Waals surface area (Å²) in [5.41, 5.74) is 1.38. The number of hydrogen-bond donors (Lipinski definition) is 0. The van der Waals surface area contributed by atoms with Gasteiger partial charge in [-0.2, -0.15) is 5.10 Å². The third-order valence-corrected chi connectivity index (χ3v) is 9.20. The first-order valence-corrected chi connectivity index (χ1v) is 15.0. The zero-order valence-corrected chi connectivity index (χ0v) is 25.0. The number of halogens is 1. The second-order valence-electron chi connectivity index (χ2n) is 13.1. The Kier molecular flexibility index (Phi) is 7.20. The maximum Gasteiger partial charge on any atom is 0.417 e. The van der Waals surface area contributed by atoms with Crippen LogP contribution in [0.15, 0.2) is 23.4 Å². The molecule has 40 heavy (non-hydrogen) atoms. The molecule has 0 radical (unpaired) electrons. The van der Waals surface area contributed by atoms with Crippen molar-refractivity contribution in [1.82, 2.24) is 19.9 Å². The molecule has 2 aromatic rings. The molecule has 1 amide bonds. The molecule has 3 fully saturated rings. The molecular formula is C30H41ClN6O3. The summed E-state index contributed by atoms with van der Waals surface area (Å²) in [7, 11) is 0. The SMILES string of the molecule is CC1C(N(C(=O)OC(C)(C)C)c2ncc3cc(Cl)c(C4CCN(C5(C)CCOC5)CC4)cc3n2)C=NN1C1CC1. The van der Waals surface area contributed by atoms with Gasteiger partial charge in [0.15, 0.2) is 0 Å². The zero-order valence-electron chi connectivity index (χ0n) is 24.3. The molecule has 1 aromatic heterocycles. The largest absolute Gasteiger partial charge is 0.443 e. The lowest BCUT2D eigenvalue weighted by molar-refractivity contribution is 0.0560. The number of amides is 1. The van der Waals surface area contributed by atoms with Gasteiger partial charge in [0.2, 0.25) is 5.95 Å². The van der Waals surface area contributed by atoms with Crippen LogP contribution in [-0.2, 0) is 9.47 Å². The third-order valence-electron chi connectivity index (χ3n) is 8.87. The first-order valence-electron chi connectivity index (χ1n) is 14.7. The number of rotatable bonds is 5. The Morgan fingerprint density at radius 3 is 2.60 bits per heavy atom. The van der Waals surface area contributed by atoms with E-state index in [4.69, 9.17) is 26.1 Å². The van der Waals surface area contributed by atoms with E-state index in [-0.39, 0.29) is 17.6 Å². The predicted octanol–water partition coefficient (Wildman–Crippen LogP) is 5.60. The van der Waals surface area contributed by atoms with E-state index < -0.39 is 11.7 Å². The van der Waals surface area contributed by atoms with Crippen molar-refractivity contribution in [1.29, 1.82) is 0 Å². The highest BCUT2D eigenvalue weighted by atomic mass is 35.5. The lowest BCUT2D eigenvalue weighted by atomic mass is 9.86. The first kappa shape index (κ1) is 27.7. The predicted molar refractivity (Wildman–Crippen MR) is 157 cm³/mol. The van der Waals surface area contributed by atoms with Crippen LogP contribution in [0.4, 0.5) is 10.7 Å². The minimum atomic E-state index is -0.654. The summed E-state index contributed by atoms with van der Waals surface area (Å²) in [5, 5.41) is 8.35. The molecule has 0 spiro atoms. The van der Waals surface area contributed by atoms with Crippen molar-refractivity contribution in [2.75, 3.05) is 31.2 Å². The molecular weight excluding hydrogens is 528 g/mol. The minimum Gasteiger partial charge on any atom is -0.443 e. The quantitative estimate of drug-likeness (QED) is 0.464. The fourth-order valence-corrected chi connectivity index (χ4v) is 6.68. The van der Waals surface area contributed by atoms with E-state index in [9.17, 15) is 4.79 Å². The topological polar surface area (TPSA) is 83.4 Å². The smallest absolute Gasteiger partial charge is 0.417 e. The van der Waals surface area contributed by atoms with E-state index in [0.29, 0.717) is 17.9 Å². The molecule has 1 saturated carbocycles. The van der Waals surface area contributed by atoms with Crippen molar-refractivity contribution in [2.24, 2.45) is 5.10 Å². The van der Waals surface area contributed by atoms with Gasteiger partial charge in [0.25, 0.3) is 0 Å². The Morgan fingerprint density at radius 1 is 1.20 bits per heavy atom. The normalized spacial score (nSPS) is 28.0. The average Bonchev–Trinajstić information content (AvgIpc) is 3.54. The van der Waals surface area contributed by atoms with Crippen LogP contribution in [0, 0.1) is 0 Å². The van der Waals surface area contributed by atoms with Gasteiger partial charge in [-0.05, 0) is 103 Å². The molecule has 1 aliphatic carbocycles. The molecule has 4 aliphatic rings. The van der Waals surface area contributed by atoms with Crippen LogP contribution in [0.25, 0.3) is 10.9 Å². The highest BCUT2D eigenvalue weighted by Crippen LogP contribution is 2.39. The van der Waals surface area contributed by atoms with Gasteiger partial charge in [-0.3, -0.25) is 9.91 Å². The molecule has 10 heteroatoms. The van der Waals surface area contributed by atoms with Gasteiger partial charge < -0.3 is 9.47 Å². The second kappa shape index (κ2) is 10.4. The standard InChI is InChI=1S/C30H41ClN6O3/c1-19-26(17-33-37(19)22-6-7-22)36(28(38)40-29(2,3)4)27-32-16-21-14-24(31)23(15-25(21)34-27)20-8-11-35(12-9-20)30(5)10-13-39-18-30/h14-17,19-20,22,26H,6-13,18H2,1-5H3. The number of ether oxygens (including phenoxy) is 2.